The zero-order valence-electron chi connectivity index (χ0n) is 12.0. The standard InChI is InChI=1S/C14H20N2O4S/c1-2-20-12-7-9-16(10-8-12)14(17)11-3-5-13(6-4-11)21(15,18)19/h3-6,12H,2,7-10H2,1H3,(H2,15,18,19). The summed E-state index contributed by atoms with van der Waals surface area (Å²) in [5, 5.41) is 5.03. The van der Waals surface area contributed by atoms with Gasteiger partial charge < -0.3 is 9.64 Å². The van der Waals surface area contributed by atoms with Crippen molar-refractivity contribution in [2.24, 2.45) is 5.14 Å². The fourth-order valence-corrected chi connectivity index (χ4v) is 2.95. The van der Waals surface area contributed by atoms with Crippen molar-refractivity contribution in [2.75, 3.05) is 19.7 Å². The maximum Gasteiger partial charge on any atom is 0.253 e. The van der Waals surface area contributed by atoms with Gasteiger partial charge in [0.05, 0.1) is 11.0 Å². The van der Waals surface area contributed by atoms with Crippen LogP contribution >= 0.6 is 0 Å². The second-order valence-electron chi connectivity index (χ2n) is 5.02. The Bertz CT molecular complexity index is 590. The van der Waals surface area contributed by atoms with Gasteiger partial charge in [-0.2, -0.15) is 0 Å². The van der Waals surface area contributed by atoms with E-state index in [1.165, 1.54) is 24.3 Å². The van der Waals surface area contributed by atoms with E-state index >= 15 is 0 Å². The number of rotatable bonds is 4. The monoisotopic (exact) mass is 312 g/mol. The van der Waals surface area contributed by atoms with E-state index in [4.69, 9.17) is 9.88 Å². The van der Waals surface area contributed by atoms with Crippen molar-refractivity contribution in [2.45, 2.75) is 30.8 Å². The third-order valence-electron chi connectivity index (χ3n) is 3.56. The highest BCUT2D eigenvalue weighted by Gasteiger charge is 2.23. The van der Waals surface area contributed by atoms with Crippen LogP contribution in [0, 0.1) is 0 Å². The Morgan fingerprint density at radius 1 is 1.29 bits per heavy atom. The fraction of sp³-hybridized carbons (Fsp3) is 0.500. The molecular formula is C14H20N2O4S. The molecule has 1 aromatic rings. The first-order chi connectivity index (χ1) is 9.91. The smallest absolute Gasteiger partial charge is 0.253 e. The zero-order chi connectivity index (χ0) is 15.5. The number of amides is 1. The highest BCUT2D eigenvalue weighted by atomic mass is 32.2. The fourth-order valence-electron chi connectivity index (χ4n) is 2.43. The number of hydrogen-bond acceptors (Lipinski definition) is 4. The molecule has 0 bridgehead atoms. The minimum Gasteiger partial charge on any atom is -0.378 e. The van der Waals surface area contributed by atoms with E-state index in [0.717, 1.165) is 12.8 Å². The summed E-state index contributed by atoms with van der Waals surface area (Å²) < 4.78 is 27.9. The van der Waals surface area contributed by atoms with Crippen molar-refractivity contribution in [3.8, 4) is 0 Å². The quantitative estimate of drug-likeness (QED) is 0.897. The number of primary sulfonamides is 1. The van der Waals surface area contributed by atoms with Crippen LogP contribution in [0.3, 0.4) is 0 Å². The van der Waals surface area contributed by atoms with E-state index in [9.17, 15) is 13.2 Å². The predicted octanol–water partition coefficient (Wildman–Crippen LogP) is 0.975. The summed E-state index contributed by atoms with van der Waals surface area (Å²) in [4.78, 5) is 14.1. The molecule has 0 aromatic heterocycles. The Morgan fingerprint density at radius 2 is 1.86 bits per heavy atom. The number of carbonyl (C=O) groups excluding carboxylic acids is 1. The van der Waals surface area contributed by atoms with Gasteiger partial charge in [-0.15, -0.1) is 0 Å². The predicted molar refractivity (Wildman–Crippen MR) is 78.4 cm³/mol. The Morgan fingerprint density at radius 3 is 2.33 bits per heavy atom. The molecule has 2 rings (SSSR count). The highest BCUT2D eigenvalue weighted by Crippen LogP contribution is 2.17. The van der Waals surface area contributed by atoms with Crippen LogP contribution in [0.2, 0.25) is 0 Å². The van der Waals surface area contributed by atoms with Gasteiger partial charge in [-0.1, -0.05) is 0 Å². The van der Waals surface area contributed by atoms with E-state index < -0.39 is 10.0 Å². The SMILES string of the molecule is CCOC1CCN(C(=O)c2ccc(S(N)(=O)=O)cc2)CC1. The molecule has 1 aliphatic heterocycles. The van der Waals surface area contributed by atoms with Crippen LogP contribution in [0.4, 0.5) is 0 Å². The summed E-state index contributed by atoms with van der Waals surface area (Å²) in [5.74, 6) is -0.0917. The van der Waals surface area contributed by atoms with E-state index in [0.29, 0.717) is 25.3 Å². The van der Waals surface area contributed by atoms with Crippen LogP contribution in [0.1, 0.15) is 30.1 Å². The minimum absolute atomic E-state index is 0.00843. The minimum atomic E-state index is -3.73. The molecule has 1 amide bonds. The lowest BCUT2D eigenvalue weighted by molar-refractivity contribution is 0.0146. The van der Waals surface area contributed by atoms with Crippen LogP contribution in [-0.4, -0.2) is 45.0 Å². The Balaban J connectivity index is 2.01. The summed E-state index contributed by atoms with van der Waals surface area (Å²) in [6.45, 7) is 3.96. The maximum atomic E-state index is 12.3. The third kappa shape index (κ3) is 4.03. The molecular weight excluding hydrogens is 292 g/mol. The average molecular weight is 312 g/mol. The number of sulfonamides is 1. The molecule has 0 atom stereocenters. The number of nitrogens with two attached hydrogens (primary N) is 1. The molecule has 0 spiro atoms. The van der Waals surface area contributed by atoms with Crippen LogP contribution in [0.15, 0.2) is 29.2 Å². The van der Waals surface area contributed by atoms with Gasteiger partial charge in [0.15, 0.2) is 0 Å². The van der Waals surface area contributed by atoms with Gasteiger partial charge in [-0.25, -0.2) is 13.6 Å². The molecule has 0 saturated carbocycles. The normalized spacial score (nSPS) is 17.0. The number of piperidine rings is 1. The zero-order valence-corrected chi connectivity index (χ0v) is 12.8. The van der Waals surface area contributed by atoms with Gasteiger partial charge >= 0.3 is 0 Å². The molecule has 116 valence electrons. The first-order valence-electron chi connectivity index (χ1n) is 6.95. The molecule has 0 radical (unpaired) electrons. The van der Waals surface area contributed by atoms with Crippen LogP contribution in [-0.2, 0) is 14.8 Å². The summed E-state index contributed by atoms with van der Waals surface area (Å²) in [5.41, 5.74) is 0.470. The number of carbonyl (C=O) groups is 1. The van der Waals surface area contributed by atoms with E-state index in [-0.39, 0.29) is 16.9 Å². The first kappa shape index (κ1) is 15.9. The van der Waals surface area contributed by atoms with Gasteiger partial charge in [0.2, 0.25) is 10.0 Å². The van der Waals surface area contributed by atoms with E-state index in [1.54, 1.807) is 4.90 Å². The molecule has 1 fully saturated rings. The molecule has 2 N–H and O–H groups in total. The second-order valence-corrected chi connectivity index (χ2v) is 6.58. The van der Waals surface area contributed by atoms with E-state index in [1.807, 2.05) is 6.92 Å². The van der Waals surface area contributed by atoms with E-state index in [2.05, 4.69) is 0 Å². The average Bonchev–Trinajstić information content (AvgIpc) is 2.47. The van der Waals surface area contributed by atoms with Crippen molar-refractivity contribution >= 4 is 15.9 Å². The Kier molecular flexibility index (Phi) is 4.97. The van der Waals surface area contributed by atoms with Crippen molar-refractivity contribution in [1.82, 2.24) is 4.90 Å². The van der Waals surface area contributed by atoms with Gasteiger partial charge in [-0.05, 0) is 44.0 Å². The molecule has 21 heavy (non-hydrogen) atoms. The molecule has 0 unspecified atom stereocenters. The van der Waals surface area contributed by atoms with Gasteiger partial charge in [0, 0.05) is 25.3 Å². The van der Waals surface area contributed by atoms with Crippen LogP contribution < -0.4 is 5.14 Å². The van der Waals surface area contributed by atoms with Gasteiger partial charge in [0.25, 0.3) is 5.91 Å². The van der Waals surface area contributed by atoms with Crippen molar-refractivity contribution in [1.29, 1.82) is 0 Å². The van der Waals surface area contributed by atoms with Crippen LogP contribution in [0.5, 0.6) is 0 Å². The number of benzene rings is 1. The Hall–Kier alpha value is -1.44. The summed E-state index contributed by atoms with van der Waals surface area (Å²) >= 11 is 0. The first-order valence-corrected chi connectivity index (χ1v) is 8.50. The molecule has 1 aromatic carbocycles. The number of hydrogen-bond donors (Lipinski definition) is 1. The second kappa shape index (κ2) is 6.55. The summed E-state index contributed by atoms with van der Waals surface area (Å²) in [7, 11) is -3.73. The van der Waals surface area contributed by atoms with Crippen LogP contribution in [0.25, 0.3) is 0 Å². The summed E-state index contributed by atoms with van der Waals surface area (Å²) in [6, 6.07) is 5.71. The number of nitrogens with zero attached hydrogens (tertiary/aromatic N) is 1. The molecule has 0 aliphatic carbocycles. The van der Waals surface area contributed by atoms with Crippen molar-refractivity contribution in [3.05, 3.63) is 29.8 Å². The summed E-state index contributed by atoms with van der Waals surface area (Å²) in [6.07, 6.45) is 1.88. The third-order valence-corrected chi connectivity index (χ3v) is 4.49. The van der Waals surface area contributed by atoms with Crippen molar-refractivity contribution < 1.29 is 17.9 Å². The molecule has 7 heteroatoms. The van der Waals surface area contributed by atoms with Crippen molar-refractivity contribution in [3.63, 3.8) is 0 Å². The van der Waals surface area contributed by atoms with Gasteiger partial charge in [0.1, 0.15) is 0 Å². The van der Waals surface area contributed by atoms with Gasteiger partial charge in [-0.3, -0.25) is 4.79 Å². The largest absolute Gasteiger partial charge is 0.378 e. The molecule has 1 aliphatic rings. The number of likely N-dealkylation sites (tertiary alicyclic amines) is 1. The highest BCUT2D eigenvalue weighted by molar-refractivity contribution is 7.89. The molecule has 1 saturated heterocycles. The molecule has 6 nitrogen and oxygen atoms in total. The maximum absolute atomic E-state index is 12.3. The number of ether oxygens (including phenoxy) is 1. The Labute approximate surface area is 124 Å². The lowest BCUT2D eigenvalue weighted by Crippen LogP contribution is -2.40. The topological polar surface area (TPSA) is 89.7 Å². The lowest BCUT2D eigenvalue weighted by Gasteiger charge is -2.31. The lowest BCUT2D eigenvalue weighted by atomic mass is 10.1. The molecule has 1 heterocycles.